The van der Waals surface area contributed by atoms with Gasteiger partial charge in [0, 0.05) is 7.05 Å². The molecule has 3 rings (SSSR count). The number of halogens is 1. The van der Waals surface area contributed by atoms with Crippen LogP contribution in [-0.2, 0) is 25.9 Å². The fraction of sp³-hybridized carbons (Fsp3) is 0.375. The molecule has 0 radical (unpaired) electrons. The molecule has 4 nitrogen and oxygen atoms in total. The summed E-state index contributed by atoms with van der Waals surface area (Å²) in [5.74, 6) is 1.31. The van der Waals surface area contributed by atoms with Crippen LogP contribution in [0.3, 0.4) is 0 Å². The van der Waals surface area contributed by atoms with E-state index in [9.17, 15) is 0 Å². The summed E-state index contributed by atoms with van der Waals surface area (Å²) in [5.41, 5.74) is 5.61. The molecule has 3 aromatic rings. The highest BCUT2D eigenvalue weighted by atomic mass is 35.5. The molecule has 0 aliphatic carbocycles. The van der Waals surface area contributed by atoms with Crippen molar-refractivity contribution < 1.29 is 0 Å². The minimum absolute atomic E-state index is 0.406. The van der Waals surface area contributed by atoms with Crippen LogP contribution in [0.25, 0.3) is 11.2 Å². The van der Waals surface area contributed by atoms with Crippen LogP contribution in [0.2, 0.25) is 0 Å². The highest BCUT2D eigenvalue weighted by Gasteiger charge is 2.18. The second-order valence-corrected chi connectivity index (χ2v) is 5.54. The Hall–Kier alpha value is -1.81. The molecule has 1 aromatic carbocycles. The molecular weight excluding hydrogens is 284 g/mol. The molecule has 5 heteroatoms. The van der Waals surface area contributed by atoms with Gasteiger partial charge in [-0.25, -0.2) is 4.98 Å². The molecule has 0 amide bonds. The van der Waals surface area contributed by atoms with E-state index >= 15 is 0 Å². The van der Waals surface area contributed by atoms with Gasteiger partial charge < -0.3 is 4.57 Å². The average Bonchev–Trinajstić information content (AvgIpc) is 2.99. The standard InChI is InChI=1S/C16H19ClN4/c1-4-13-15-16(20(3)19-13)21(14(9-17)18-15)10-12-8-6-5-7-11(12)2/h5-8H,4,9-10H2,1-3H3. The average molecular weight is 303 g/mol. The molecular formula is C16H19ClN4. The van der Waals surface area contributed by atoms with Crippen molar-refractivity contribution in [2.45, 2.75) is 32.7 Å². The van der Waals surface area contributed by atoms with Gasteiger partial charge in [0.25, 0.3) is 0 Å². The van der Waals surface area contributed by atoms with E-state index in [1.165, 1.54) is 11.1 Å². The van der Waals surface area contributed by atoms with Gasteiger partial charge in [0.1, 0.15) is 11.3 Å². The third-order valence-corrected chi connectivity index (χ3v) is 4.15. The van der Waals surface area contributed by atoms with Crippen molar-refractivity contribution in [3.63, 3.8) is 0 Å². The number of benzene rings is 1. The fourth-order valence-corrected chi connectivity index (χ4v) is 2.96. The maximum Gasteiger partial charge on any atom is 0.159 e. The Morgan fingerprint density at radius 3 is 2.67 bits per heavy atom. The van der Waals surface area contributed by atoms with Gasteiger partial charge in [-0.1, -0.05) is 31.2 Å². The van der Waals surface area contributed by atoms with Crippen molar-refractivity contribution in [2.24, 2.45) is 7.05 Å². The number of nitrogens with zero attached hydrogens (tertiary/aromatic N) is 4. The molecule has 2 aromatic heterocycles. The number of rotatable bonds is 4. The van der Waals surface area contributed by atoms with Gasteiger partial charge in [0.2, 0.25) is 0 Å². The van der Waals surface area contributed by atoms with Gasteiger partial charge >= 0.3 is 0 Å². The summed E-state index contributed by atoms with van der Waals surface area (Å²) in [7, 11) is 1.97. The second-order valence-electron chi connectivity index (χ2n) is 5.27. The molecule has 0 aliphatic heterocycles. The third kappa shape index (κ3) is 2.33. The Balaban J connectivity index is 2.17. The van der Waals surface area contributed by atoms with E-state index in [0.717, 1.165) is 35.6 Å². The zero-order valence-corrected chi connectivity index (χ0v) is 13.4. The van der Waals surface area contributed by atoms with E-state index in [-0.39, 0.29) is 0 Å². The van der Waals surface area contributed by atoms with Crippen LogP contribution in [0.5, 0.6) is 0 Å². The Bertz CT molecular complexity index is 785. The van der Waals surface area contributed by atoms with E-state index in [0.29, 0.717) is 5.88 Å². The minimum atomic E-state index is 0.406. The zero-order chi connectivity index (χ0) is 15.0. The largest absolute Gasteiger partial charge is 0.307 e. The van der Waals surface area contributed by atoms with E-state index < -0.39 is 0 Å². The molecule has 110 valence electrons. The van der Waals surface area contributed by atoms with Gasteiger partial charge in [-0.05, 0) is 24.5 Å². The molecule has 0 N–H and O–H groups in total. The topological polar surface area (TPSA) is 35.6 Å². The first-order chi connectivity index (χ1) is 10.2. The normalized spacial score (nSPS) is 11.4. The summed E-state index contributed by atoms with van der Waals surface area (Å²) >= 11 is 6.10. The lowest BCUT2D eigenvalue weighted by molar-refractivity contribution is 0.696. The first kappa shape index (κ1) is 14.1. The Morgan fingerprint density at radius 2 is 2.00 bits per heavy atom. The molecule has 0 saturated heterocycles. The number of alkyl halides is 1. The van der Waals surface area contributed by atoms with Crippen molar-refractivity contribution in [3.05, 3.63) is 46.9 Å². The summed E-state index contributed by atoms with van der Waals surface area (Å²) < 4.78 is 4.09. The zero-order valence-electron chi connectivity index (χ0n) is 12.6. The van der Waals surface area contributed by atoms with Crippen molar-refractivity contribution in [2.75, 3.05) is 0 Å². The molecule has 0 spiro atoms. The van der Waals surface area contributed by atoms with Crippen molar-refractivity contribution >= 4 is 22.8 Å². The number of fused-ring (bicyclic) bond motifs is 1. The van der Waals surface area contributed by atoms with Gasteiger partial charge in [0.05, 0.1) is 18.1 Å². The van der Waals surface area contributed by atoms with Crippen LogP contribution in [0.15, 0.2) is 24.3 Å². The molecule has 0 bridgehead atoms. The van der Waals surface area contributed by atoms with E-state index in [1.54, 1.807) is 0 Å². The van der Waals surface area contributed by atoms with Crippen molar-refractivity contribution in [3.8, 4) is 0 Å². The molecule has 0 fully saturated rings. The Morgan fingerprint density at radius 1 is 1.24 bits per heavy atom. The summed E-state index contributed by atoms with van der Waals surface area (Å²) in [6.07, 6.45) is 0.875. The van der Waals surface area contributed by atoms with Crippen molar-refractivity contribution in [1.29, 1.82) is 0 Å². The fourth-order valence-electron chi connectivity index (χ4n) is 2.75. The highest BCUT2D eigenvalue weighted by Crippen LogP contribution is 2.23. The number of hydrogen-bond donors (Lipinski definition) is 0. The van der Waals surface area contributed by atoms with E-state index in [1.807, 2.05) is 11.7 Å². The molecule has 21 heavy (non-hydrogen) atoms. The molecule has 0 unspecified atom stereocenters. The molecule has 0 atom stereocenters. The van der Waals surface area contributed by atoms with Gasteiger partial charge in [-0.2, -0.15) is 5.10 Å². The second kappa shape index (κ2) is 5.53. The Kier molecular flexibility index (Phi) is 3.72. The maximum absolute atomic E-state index is 6.10. The van der Waals surface area contributed by atoms with Gasteiger partial charge in [-0.15, -0.1) is 11.6 Å². The summed E-state index contributed by atoms with van der Waals surface area (Å²) in [6, 6.07) is 8.41. The minimum Gasteiger partial charge on any atom is -0.307 e. The predicted octanol–water partition coefficient (Wildman–Crippen LogP) is 3.43. The molecule has 2 heterocycles. The number of aryl methyl sites for hydroxylation is 3. The summed E-state index contributed by atoms with van der Waals surface area (Å²) in [4.78, 5) is 4.70. The van der Waals surface area contributed by atoms with Crippen LogP contribution in [0.4, 0.5) is 0 Å². The summed E-state index contributed by atoms with van der Waals surface area (Å²) in [6.45, 7) is 5.00. The van der Waals surface area contributed by atoms with Crippen LogP contribution >= 0.6 is 11.6 Å². The first-order valence-corrected chi connectivity index (χ1v) is 7.70. The lowest BCUT2D eigenvalue weighted by Gasteiger charge is -2.10. The maximum atomic E-state index is 6.10. The smallest absolute Gasteiger partial charge is 0.159 e. The third-order valence-electron chi connectivity index (χ3n) is 3.91. The van der Waals surface area contributed by atoms with Gasteiger partial charge in [-0.3, -0.25) is 4.68 Å². The SMILES string of the molecule is CCc1nn(C)c2c1nc(CCl)n2Cc1ccccc1C. The molecule has 0 aliphatic rings. The van der Waals surface area contributed by atoms with E-state index in [2.05, 4.69) is 47.8 Å². The van der Waals surface area contributed by atoms with Crippen molar-refractivity contribution in [1.82, 2.24) is 19.3 Å². The number of imidazole rings is 1. The summed E-state index contributed by atoms with van der Waals surface area (Å²) in [5, 5.41) is 4.56. The molecule has 0 saturated carbocycles. The van der Waals surface area contributed by atoms with E-state index in [4.69, 9.17) is 16.6 Å². The van der Waals surface area contributed by atoms with Crippen LogP contribution in [0, 0.1) is 6.92 Å². The lowest BCUT2D eigenvalue weighted by Crippen LogP contribution is -2.08. The van der Waals surface area contributed by atoms with Gasteiger partial charge in [0.15, 0.2) is 5.65 Å². The lowest BCUT2D eigenvalue weighted by atomic mass is 10.1. The van der Waals surface area contributed by atoms with Crippen LogP contribution < -0.4 is 0 Å². The van der Waals surface area contributed by atoms with Crippen LogP contribution in [-0.4, -0.2) is 19.3 Å². The highest BCUT2D eigenvalue weighted by molar-refractivity contribution is 6.16. The monoisotopic (exact) mass is 302 g/mol. The first-order valence-electron chi connectivity index (χ1n) is 7.17. The number of aromatic nitrogens is 4. The predicted molar refractivity (Wildman–Crippen MR) is 85.7 cm³/mol. The number of hydrogen-bond acceptors (Lipinski definition) is 2. The van der Waals surface area contributed by atoms with Crippen LogP contribution in [0.1, 0.15) is 29.6 Å². The quantitative estimate of drug-likeness (QED) is 0.692. The Labute approximate surface area is 129 Å².